The minimum absolute atomic E-state index is 0.139. The predicted molar refractivity (Wildman–Crippen MR) is 91.8 cm³/mol. The number of benzene rings is 1. The largest absolute Gasteiger partial charge is 0.379 e. The Hall–Kier alpha value is -1.69. The van der Waals surface area contributed by atoms with Crippen molar-refractivity contribution in [1.29, 1.82) is 0 Å². The molecule has 0 amide bonds. The third-order valence-electron chi connectivity index (χ3n) is 4.42. The van der Waals surface area contributed by atoms with Gasteiger partial charge >= 0.3 is 0 Å². The first-order chi connectivity index (χ1) is 11.2. The minimum Gasteiger partial charge on any atom is -0.379 e. The molecule has 2 aromatic rings. The molecule has 0 spiro atoms. The summed E-state index contributed by atoms with van der Waals surface area (Å²) in [6.45, 7) is 8.95. The van der Waals surface area contributed by atoms with Crippen molar-refractivity contribution in [3.05, 3.63) is 48.3 Å². The monoisotopic (exact) mass is 314 g/mol. The van der Waals surface area contributed by atoms with Gasteiger partial charge in [-0.1, -0.05) is 19.1 Å². The SMILES string of the molecule is CC(NCC1(C)CNCCOC1)c1ccc(-n2cccn2)cc1. The average Bonchev–Trinajstić information content (AvgIpc) is 3.02. The summed E-state index contributed by atoms with van der Waals surface area (Å²) in [6, 6.07) is 10.8. The molecule has 1 aliphatic heterocycles. The molecule has 2 atom stereocenters. The zero-order chi connectivity index (χ0) is 16.1. The van der Waals surface area contributed by atoms with Crippen molar-refractivity contribution in [3.8, 4) is 5.69 Å². The highest BCUT2D eigenvalue weighted by Crippen LogP contribution is 2.20. The summed E-state index contributed by atoms with van der Waals surface area (Å²) in [5.41, 5.74) is 2.51. The van der Waals surface area contributed by atoms with E-state index in [9.17, 15) is 0 Å². The molecular formula is C18H26N4O. The highest BCUT2D eigenvalue weighted by molar-refractivity contribution is 5.34. The maximum absolute atomic E-state index is 5.69. The number of aromatic nitrogens is 2. The second kappa shape index (κ2) is 7.25. The Morgan fingerprint density at radius 1 is 1.39 bits per heavy atom. The topological polar surface area (TPSA) is 51.1 Å². The fourth-order valence-electron chi connectivity index (χ4n) is 2.87. The van der Waals surface area contributed by atoms with E-state index in [-0.39, 0.29) is 5.41 Å². The van der Waals surface area contributed by atoms with Gasteiger partial charge in [0.1, 0.15) is 0 Å². The lowest BCUT2D eigenvalue weighted by atomic mass is 9.91. The molecule has 1 saturated heterocycles. The van der Waals surface area contributed by atoms with Crippen molar-refractivity contribution in [2.24, 2.45) is 5.41 Å². The van der Waals surface area contributed by atoms with E-state index >= 15 is 0 Å². The van der Waals surface area contributed by atoms with E-state index in [0.29, 0.717) is 6.04 Å². The van der Waals surface area contributed by atoms with E-state index < -0.39 is 0 Å². The van der Waals surface area contributed by atoms with Gasteiger partial charge in [0.05, 0.1) is 18.9 Å². The van der Waals surface area contributed by atoms with Crippen LogP contribution in [0.4, 0.5) is 0 Å². The highest BCUT2D eigenvalue weighted by Gasteiger charge is 2.26. The molecule has 1 aliphatic rings. The standard InChI is InChI=1S/C18H26N4O/c1-15(20-13-18(2)12-19-9-11-23-14-18)16-4-6-17(7-5-16)22-10-3-8-21-22/h3-8,10,15,19-20H,9,11-14H2,1-2H3. The lowest BCUT2D eigenvalue weighted by Crippen LogP contribution is -2.42. The van der Waals surface area contributed by atoms with E-state index in [1.807, 2.05) is 16.9 Å². The summed E-state index contributed by atoms with van der Waals surface area (Å²) in [6.07, 6.45) is 3.75. The number of nitrogens with zero attached hydrogens (tertiary/aromatic N) is 2. The number of rotatable bonds is 5. The van der Waals surface area contributed by atoms with Gasteiger partial charge in [-0.2, -0.15) is 5.10 Å². The van der Waals surface area contributed by atoms with E-state index in [4.69, 9.17) is 4.74 Å². The van der Waals surface area contributed by atoms with Gasteiger partial charge in [0.2, 0.25) is 0 Å². The molecule has 0 bridgehead atoms. The molecule has 1 aromatic heterocycles. The molecule has 5 nitrogen and oxygen atoms in total. The summed E-state index contributed by atoms with van der Waals surface area (Å²) in [4.78, 5) is 0. The maximum Gasteiger partial charge on any atom is 0.0645 e. The summed E-state index contributed by atoms with van der Waals surface area (Å²) in [5.74, 6) is 0. The lowest BCUT2D eigenvalue weighted by Gasteiger charge is -2.29. The zero-order valence-electron chi connectivity index (χ0n) is 14.0. The van der Waals surface area contributed by atoms with Gasteiger partial charge in [-0.25, -0.2) is 4.68 Å². The van der Waals surface area contributed by atoms with Gasteiger partial charge in [0.25, 0.3) is 0 Å². The lowest BCUT2D eigenvalue weighted by molar-refractivity contribution is 0.0777. The van der Waals surface area contributed by atoms with Crippen molar-refractivity contribution in [2.45, 2.75) is 19.9 Å². The number of nitrogens with one attached hydrogen (secondary N) is 2. The molecule has 124 valence electrons. The van der Waals surface area contributed by atoms with Crippen molar-refractivity contribution in [2.75, 3.05) is 32.8 Å². The molecule has 3 rings (SSSR count). The Labute approximate surface area is 138 Å². The van der Waals surface area contributed by atoms with E-state index in [0.717, 1.165) is 38.5 Å². The number of hydrogen-bond acceptors (Lipinski definition) is 4. The molecule has 0 saturated carbocycles. The van der Waals surface area contributed by atoms with Crippen LogP contribution in [-0.2, 0) is 4.74 Å². The van der Waals surface area contributed by atoms with Crippen LogP contribution in [0, 0.1) is 5.41 Å². The van der Waals surface area contributed by atoms with Crippen LogP contribution >= 0.6 is 0 Å². The van der Waals surface area contributed by atoms with Crippen molar-refractivity contribution < 1.29 is 4.74 Å². The van der Waals surface area contributed by atoms with Crippen LogP contribution in [0.15, 0.2) is 42.7 Å². The van der Waals surface area contributed by atoms with Crippen LogP contribution in [0.2, 0.25) is 0 Å². The number of hydrogen-bond donors (Lipinski definition) is 2. The second-order valence-corrected chi connectivity index (χ2v) is 6.68. The van der Waals surface area contributed by atoms with E-state index in [1.54, 1.807) is 6.20 Å². The highest BCUT2D eigenvalue weighted by atomic mass is 16.5. The predicted octanol–water partition coefficient (Wildman–Crippen LogP) is 2.15. The third kappa shape index (κ3) is 4.19. The van der Waals surface area contributed by atoms with Crippen molar-refractivity contribution in [3.63, 3.8) is 0 Å². The van der Waals surface area contributed by atoms with Crippen molar-refractivity contribution in [1.82, 2.24) is 20.4 Å². The van der Waals surface area contributed by atoms with Gasteiger partial charge in [-0.3, -0.25) is 0 Å². The minimum atomic E-state index is 0.139. The molecule has 5 heteroatoms. The third-order valence-corrected chi connectivity index (χ3v) is 4.42. The summed E-state index contributed by atoms with van der Waals surface area (Å²) >= 11 is 0. The van der Waals surface area contributed by atoms with Crippen LogP contribution in [-0.4, -0.2) is 42.6 Å². The summed E-state index contributed by atoms with van der Waals surface area (Å²) in [7, 11) is 0. The smallest absolute Gasteiger partial charge is 0.0645 e. The second-order valence-electron chi connectivity index (χ2n) is 6.68. The first-order valence-electron chi connectivity index (χ1n) is 8.28. The molecule has 2 heterocycles. The molecule has 0 radical (unpaired) electrons. The maximum atomic E-state index is 5.69. The fourth-order valence-corrected chi connectivity index (χ4v) is 2.87. The fraction of sp³-hybridized carbons (Fsp3) is 0.500. The van der Waals surface area contributed by atoms with Crippen LogP contribution in [0.25, 0.3) is 5.69 Å². The van der Waals surface area contributed by atoms with Gasteiger partial charge in [0, 0.05) is 43.5 Å². The van der Waals surface area contributed by atoms with Gasteiger partial charge in [-0.15, -0.1) is 0 Å². The Kier molecular flexibility index (Phi) is 5.10. The summed E-state index contributed by atoms with van der Waals surface area (Å²) < 4.78 is 7.57. The average molecular weight is 314 g/mol. The molecule has 0 aliphatic carbocycles. The van der Waals surface area contributed by atoms with Crippen molar-refractivity contribution >= 4 is 0 Å². The molecule has 23 heavy (non-hydrogen) atoms. The van der Waals surface area contributed by atoms with Crippen LogP contribution < -0.4 is 10.6 Å². The molecule has 1 aromatic carbocycles. The molecular weight excluding hydrogens is 288 g/mol. The van der Waals surface area contributed by atoms with E-state index in [2.05, 4.69) is 53.8 Å². The quantitative estimate of drug-likeness (QED) is 0.888. The molecule has 2 unspecified atom stereocenters. The Morgan fingerprint density at radius 3 is 2.96 bits per heavy atom. The summed E-state index contributed by atoms with van der Waals surface area (Å²) in [5, 5.41) is 11.4. The Balaban J connectivity index is 1.58. The Morgan fingerprint density at radius 2 is 2.22 bits per heavy atom. The van der Waals surface area contributed by atoms with Crippen LogP contribution in [0.5, 0.6) is 0 Å². The molecule has 2 N–H and O–H groups in total. The van der Waals surface area contributed by atoms with Crippen LogP contribution in [0.1, 0.15) is 25.5 Å². The number of ether oxygens (including phenoxy) is 1. The van der Waals surface area contributed by atoms with Gasteiger partial charge in [-0.05, 0) is 30.7 Å². The van der Waals surface area contributed by atoms with Gasteiger partial charge in [0.15, 0.2) is 0 Å². The van der Waals surface area contributed by atoms with Gasteiger partial charge < -0.3 is 15.4 Å². The molecule has 1 fully saturated rings. The first-order valence-corrected chi connectivity index (χ1v) is 8.28. The first kappa shape index (κ1) is 16.2. The zero-order valence-corrected chi connectivity index (χ0v) is 14.0. The van der Waals surface area contributed by atoms with E-state index in [1.165, 1.54) is 5.56 Å². The Bertz CT molecular complexity index is 586. The normalized spacial score (nSPS) is 23.4. The van der Waals surface area contributed by atoms with Crippen LogP contribution in [0.3, 0.4) is 0 Å².